The van der Waals surface area contributed by atoms with Crippen molar-refractivity contribution in [2.24, 2.45) is 33.7 Å². The summed E-state index contributed by atoms with van der Waals surface area (Å²) in [7, 11) is 0. The Morgan fingerprint density at radius 1 is 1.10 bits per heavy atom. The Morgan fingerprint density at radius 3 is 2.59 bits per heavy atom. The van der Waals surface area contributed by atoms with Gasteiger partial charge in [0.25, 0.3) is 5.91 Å². The molecule has 5 rings (SSSR count). The molecule has 3 saturated carbocycles. The number of aliphatic hydroxyl groups is 1. The quantitative estimate of drug-likeness (QED) is 0.396. The third-order valence-corrected chi connectivity index (χ3v) is 10.7. The number of aliphatic carboxylic acids is 1. The molecule has 1 aromatic rings. The van der Waals surface area contributed by atoms with Crippen LogP contribution in [-0.2, 0) is 14.4 Å². The lowest BCUT2D eigenvalue weighted by Gasteiger charge is -2.58. The van der Waals surface area contributed by atoms with Crippen LogP contribution in [0.25, 0.3) is 0 Å². The van der Waals surface area contributed by atoms with Crippen molar-refractivity contribution in [3.8, 4) is 0 Å². The Bertz CT molecular complexity index is 1190. The summed E-state index contributed by atoms with van der Waals surface area (Å²) in [5, 5.41) is 27.4. The van der Waals surface area contributed by atoms with Crippen molar-refractivity contribution in [2.45, 2.75) is 77.2 Å². The highest BCUT2D eigenvalue weighted by atomic mass is 16.6. The van der Waals surface area contributed by atoms with E-state index in [1.165, 1.54) is 5.57 Å². The summed E-state index contributed by atoms with van der Waals surface area (Å²) >= 11 is 0. The molecular weight excluding hydrogens is 492 g/mol. The highest BCUT2D eigenvalue weighted by molar-refractivity contribution is 6.05. The smallest absolute Gasteiger partial charge is 0.304 e. The van der Waals surface area contributed by atoms with Crippen LogP contribution in [0.2, 0.25) is 0 Å². The normalized spacial score (nSPS) is 36.8. The molecule has 0 saturated heterocycles. The summed E-state index contributed by atoms with van der Waals surface area (Å²) in [6.07, 6.45) is 12.7. The molecule has 0 aliphatic heterocycles. The number of amides is 1. The Morgan fingerprint density at radius 2 is 1.85 bits per heavy atom. The van der Waals surface area contributed by atoms with E-state index < -0.39 is 11.6 Å². The minimum atomic E-state index is -0.906. The third-order valence-electron chi connectivity index (χ3n) is 10.7. The Labute approximate surface area is 231 Å². The molecular formula is C32H42N2O5. The van der Waals surface area contributed by atoms with Crippen LogP contribution in [0.15, 0.2) is 59.3 Å². The number of allylic oxidation sites excluding steroid dienone is 4. The van der Waals surface area contributed by atoms with Crippen LogP contribution in [0, 0.1) is 28.6 Å². The molecule has 7 heteroatoms. The summed E-state index contributed by atoms with van der Waals surface area (Å²) < 4.78 is 0. The van der Waals surface area contributed by atoms with Gasteiger partial charge in [-0.2, -0.15) is 0 Å². The molecule has 0 radical (unpaired) electrons. The fraction of sp³-hybridized carbons (Fsp3) is 0.594. The van der Waals surface area contributed by atoms with Crippen molar-refractivity contribution in [1.29, 1.82) is 0 Å². The van der Waals surface area contributed by atoms with E-state index >= 15 is 0 Å². The van der Waals surface area contributed by atoms with Crippen molar-refractivity contribution < 1.29 is 24.6 Å². The van der Waals surface area contributed by atoms with Crippen LogP contribution in [0.3, 0.4) is 0 Å². The molecule has 4 aliphatic carbocycles. The third kappa shape index (κ3) is 5.18. The summed E-state index contributed by atoms with van der Waals surface area (Å²) in [5.41, 5.74) is 2.41. The van der Waals surface area contributed by atoms with Gasteiger partial charge in [-0.05, 0) is 86.3 Å². The van der Waals surface area contributed by atoms with Crippen molar-refractivity contribution in [2.75, 3.05) is 13.2 Å². The van der Waals surface area contributed by atoms with Crippen molar-refractivity contribution in [3.63, 3.8) is 0 Å². The number of carbonyl (C=O) groups is 2. The van der Waals surface area contributed by atoms with Crippen LogP contribution in [-0.4, -0.2) is 46.6 Å². The molecule has 4 aliphatic rings. The maximum Gasteiger partial charge on any atom is 0.304 e. The molecule has 0 aromatic heterocycles. The molecule has 0 bridgehead atoms. The summed E-state index contributed by atoms with van der Waals surface area (Å²) in [4.78, 5) is 29.1. The second-order valence-corrected chi connectivity index (χ2v) is 12.8. The fourth-order valence-corrected chi connectivity index (χ4v) is 8.21. The number of carboxylic acids is 1. The number of fused-ring (bicyclic) bond motifs is 5. The van der Waals surface area contributed by atoms with Gasteiger partial charge in [-0.15, -0.1) is 0 Å². The largest absolute Gasteiger partial charge is 0.481 e. The molecule has 0 unspecified atom stereocenters. The number of carboxylic acid groups (broad SMARTS) is 1. The molecule has 210 valence electrons. The highest BCUT2D eigenvalue weighted by Crippen LogP contribution is 2.66. The maximum absolute atomic E-state index is 12.4. The van der Waals surface area contributed by atoms with Crippen molar-refractivity contribution >= 4 is 17.6 Å². The lowest BCUT2D eigenvalue weighted by Crippen LogP contribution is -2.53. The first-order chi connectivity index (χ1) is 18.5. The van der Waals surface area contributed by atoms with E-state index in [4.69, 9.17) is 4.84 Å². The minimum absolute atomic E-state index is 0.00825. The van der Waals surface area contributed by atoms with E-state index in [1.807, 2.05) is 43.3 Å². The first kappa shape index (κ1) is 27.6. The number of rotatable bonds is 8. The number of benzene rings is 1. The minimum Gasteiger partial charge on any atom is -0.481 e. The van der Waals surface area contributed by atoms with Crippen LogP contribution < -0.4 is 5.32 Å². The first-order valence-corrected chi connectivity index (χ1v) is 14.4. The van der Waals surface area contributed by atoms with E-state index in [1.54, 1.807) is 0 Å². The maximum atomic E-state index is 12.4. The van der Waals surface area contributed by atoms with Gasteiger partial charge in [0.05, 0.1) is 12.0 Å². The lowest BCUT2D eigenvalue weighted by molar-refractivity contribution is -0.137. The number of hydrogen-bond acceptors (Lipinski definition) is 5. The Hall–Kier alpha value is -2.93. The van der Waals surface area contributed by atoms with Gasteiger partial charge in [-0.1, -0.05) is 61.0 Å². The van der Waals surface area contributed by atoms with Gasteiger partial charge >= 0.3 is 5.97 Å². The van der Waals surface area contributed by atoms with Crippen LogP contribution in [0.4, 0.5) is 0 Å². The number of hydrogen-bond donors (Lipinski definition) is 3. The molecule has 0 spiro atoms. The summed E-state index contributed by atoms with van der Waals surface area (Å²) in [6.45, 7) is 6.71. The molecule has 7 atom stereocenters. The molecule has 1 amide bonds. The first-order valence-electron chi connectivity index (χ1n) is 14.4. The lowest BCUT2D eigenvalue weighted by atomic mass is 9.47. The van der Waals surface area contributed by atoms with Crippen LogP contribution >= 0.6 is 0 Å². The average Bonchev–Trinajstić information content (AvgIpc) is 3.15. The molecule has 1 aromatic carbocycles. The zero-order valence-electron chi connectivity index (χ0n) is 23.4. The van der Waals surface area contributed by atoms with Gasteiger partial charge in [-0.3, -0.25) is 9.59 Å². The van der Waals surface area contributed by atoms with E-state index in [-0.39, 0.29) is 42.2 Å². The van der Waals surface area contributed by atoms with Gasteiger partial charge in [-0.25, -0.2) is 0 Å². The van der Waals surface area contributed by atoms with Gasteiger partial charge in [0, 0.05) is 17.9 Å². The van der Waals surface area contributed by atoms with Crippen LogP contribution in [0.5, 0.6) is 0 Å². The number of nitrogens with one attached hydrogen (secondary N) is 1. The van der Waals surface area contributed by atoms with E-state index in [0.29, 0.717) is 23.5 Å². The zero-order valence-corrected chi connectivity index (χ0v) is 23.4. The standard InChI is InChI=1S/C32H42N2O5/c1-30-14-11-24(34-39-20-28(35)33-19-22(17-29(36)37)21-7-5-4-6-8-21)18-23(30)9-10-25-26(30)12-15-31(2)27(25)13-16-32(31,3)38/h4-8,11,14,18,22,25-27,38H,9-10,12-13,15-17,19-20H2,1-3H3,(H,33,35)(H,36,37)/t22-,25+,26-,27+,30-,31-,32-/m0/s1. The summed E-state index contributed by atoms with van der Waals surface area (Å²) in [6, 6.07) is 9.34. The van der Waals surface area contributed by atoms with E-state index in [9.17, 15) is 19.8 Å². The van der Waals surface area contributed by atoms with E-state index in [2.05, 4.69) is 36.5 Å². The topological polar surface area (TPSA) is 108 Å². The molecule has 3 N–H and O–H groups in total. The van der Waals surface area contributed by atoms with Crippen LogP contribution in [0.1, 0.15) is 77.2 Å². The van der Waals surface area contributed by atoms with Crippen molar-refractivity contribution in [1.82, 2.24) is 5.32 Å². The SMILES string of the molecule is C[C@]12C=CC(=NOCC(=O)NC[C@H](CC(=O)O)c3ccccc3)C=C1CC[C@H]1[C@H]3CC[C@](C)(O)[C@@]3(C)CC[C@@H]12. The highest BCUT2D eigenvalue weighted by Gasteiger charge is 2.61. The zero-order chi connectivity index (χ0) is 27.8. The predicted octanol–water partition coefficient (Wildman–Crippen LogP) is 5.22. The van der Waals surface area contributed by atoms with E-state index in [0.717, 1.165) is 44.1 Å². The predicted molar refractivity (Wildman–Crippen MR) is 150 cm³/mol. The van der Waals surface area contributed by atoms with Crippen molar-refractivity contribution in [3.05, 3.63) is 59.7 Å². The molecule has 39 heavy (non-hydrogen) atoms. The van der Waals surface area contributed by atoms with Gasteiger partial charge < -0.3 is 20.4 Å². The molecule has 7 nitrogen and oxygen atoms in total. The van der Waals surface area contributed by atoms with Gasteiger partial charge in [0.15, 0.2) is 6.61 Å². The average molecular weight is 535 g/mol. The Kier molecular flexibility index (Phi) is 7.49. The molecule has 0 heterocycles. The molecule has 3 fully saturated rings. The monoisotopic (exact) mass is 534 g/mol. The summed E-state index contributed by atoms with van der Waals surface area (Å²) in [5.74, 6) is 0.219. The van der Waals surface area contributed by atoms with Gasteiger partial charge in [0.1, 0.15) is 5.71 Å². The number of oxime groups is 1. The second kappa shape index (κ2) is 10.6. The second-order valence-electron chi connectivity index (χ2n) is 12.8. The van der Waals surface area contributed by atoms with Gasteiger partial charge in [0.2, 0.25) is 0 Å². The number of nitrogens with zero attached hydrogens (tertiary/aromatic N) is 1. The fourth-order valence-electron chi connectivity index (χ4n) is 8.21. The Balaban J connectivity index is 1.17. The number of carbonyl (C=O) groups excluding carboxylic acids is 1.